The fourth-order valence-electron chi connectivity index (χ4n) is 2.43. The van der Waals surface area contributed by atoms with E-state index in [0.29, 0.717) is 27.3 Å². The Labute approximate surface area is 148 Å². The van der Waals surface area contributed by atoms with E-state index in [0.717, 1.165) is 5.56 Å². The van der Waals surface area contributed by atoms with Crippen molar-refractivity contribution in [1.29, 1.82) is 0 Å². The van der Waals surface area contributed by atoms with Gasteiger partial charge in [-0.2, -0.15) is 0 Å². The maximum Gasteiger partial charge on any atom is 0.346 e. The molecule has 25 heavy (non-hydrogen) atoms. The number of hydrogen-bond donors (Lipinski definition) is 0. The maximum absolute atomic E-state index is 12.7. The highest BCUT2D eigenvalue weighted by molar-refractivity contribution is 6.30. The van der Waals surface area contributed by atoms with Gasteiger partial charge in [0.05, 0.1) is 18.1 Å². The molecule has 0 bridgehead atoms. The summed E-state index contributed by atoms with van der Waals surface area (Å²) >= 11 is 5.88. The molecule has 2 aromatic carbocycles. The second-order valence-electron chi connectivity index (χ2n) is 5.43. The summed E-state index contributed by atoms with van der Waals surface area (Å²) in [6, 6.07) is 11.7. The lowest BCUT2D eigenvalue weighted by Gasteiger charge is -2.12. The van der Waals surface area contributed by atoms with Crippen LogP contribution in [0.5, 0.6) is 5.75 Å². The normalized spacial score (nSPS) is 12.0. The van der Waals surface area contributed by atoms with E-state index in [4.69, 9.17) is 20.8 Å². The molecule has 0 aliphatic carbocycles. The molecule has 0 saturated heterocycles. The first-order valence-corrected chi connectivity index (χ1v) is 7.93. The lowest BCUT2D eigenvalue weighted by molar-refractivity contribution is -0.147. The Kier molecular flexibility index (Phi) is 4.76. The van der Waals surface area contributed by atoms with Crippen LogP contribution in [-0.4, -0.2) is 19.2 Å². The van der Waals surface area contributed by atoms with Gasteiger partial charge in [-0.3, -0.25) is 4.79 Å². The summed E-state index contributed by atoms with van der Waals surface area (Å²) in [5.74, 6) is -0.0765. The zero-order valence-corrected chi connectivity index (χ0v) is 14.4. The summed E-state index contributed by atoms with van der Waals surface area (Å²) in [5.41, 5.74) is 1.38. The van der Waals surface area contributed by atoms with Crippen LogP contribution in [0.15, 0.2) is 57.9 Å². The van der Waals surface area contributed by atoms with Crippen LogP contribution in [0.3, 0.4) is 0 Å². The standard InChI is InChI=1S/C19H15ClO5/c1-11(19(22)23-2)25-14-7-8-15-17(9-14)24-10-16(18(15)21)12-3-5-13(20)6-4-12/h3-11H,1-2H3. The molecule has 0 spiro atoms. The highest BCUT2D eigenvalue weighted by Gasteiger charge is 2.16. The predicted octanol–water partition coefficient (Wildman–Crippen LogP) is 4.05. The van der Waals surface area contributed by atoms with Crippen LogP contribution in [-0.2, 0) is 9.53 Å². The molecule has 3 rings (SSSR count). The van der Waals surface area contributed by atoms with E-state index >= 15 is 0 Å². The van der Waals surface area contributed by atoms with Crippen molar-refractivity contribution in [1.82, 2.24) is 0 Å². The average Bonchev–Trinajstić information content (AvgIpc) is 2.62. The number of methoxy groups -OCH3 is 1. The molecule has 0 aliphatic heterocycles. The van der Waals surface area contributed by atoms with Gasteiger partial charge in [0.2, 0.25) is 0 Å². The zero-order chi connectivity index (χ0) is 18.0. The van der Waals surface area contributed by atoms with Crippen molar-refractivity contribution >= 4 is 28.5 Å². The van der Waals surface area contributed by atoms with Crippen molar-refractivity contribution in [2.45, 2.75) is 13.0 Å². The van der Waals surface area contributed by atoms with E-state index in [1.165, 1.54) is 13.4 Å². The minimum absolute atomic E-state index is 0.156. The Hall–Kier alpha value is -2.79. The summed E-state index contributed by atoms with van der Waals surface area (Å²) in [7, 11) is 1.29. The number of benzene rings is 2. The van der Waals surface area contributed by atoms with Crippen LogP contribution >= 0.6 is 11.6 Å². The van der Waals surface area contributed by atoms with E-state index < -0.39 is 12.1 Å². The van der Waals surface area contributed by atoms with E-state index in [9.17, 15) is 9.59 Å². The van der Waals surface area contributed by atoms with Gasteiger partial charge in [-0.05, 0) is 36.8 Å². The number of carbonyl (C=O) groups is 1. The number of rotatable bonds is 4. The van der Waals surface area contributed by atoms with Crippen molar-refractivity contribution < 1.29 is 18.7 Å². The summed E-state index contributed by atoms with van der Waals surface area (Å²) < 4.78 is 15.7. The highest BCUT2D eigenvalue weighted by Crippen LogP contribution is 2.24. The first-order valence-electron chi connectivity index (χ1n) is 7.55. The van der Waals surface area contributed by atoms with Gasteiger partial charge in [0.15, 0.2) is 11.5 Å². The van der Waals surface area contributed by atoms with Crippen molar-refractivity contribution in [3.8, 4) is 16.9 Å². The topological polar surface area (TPSA) is 65.7 Å². The number of hydrogen-bond acceptors (Lipinski definition) is 5. The number of halogens is 1. The van der Waals surface area contributed by atoms with Gasteiger partial charge in [0, 0.05) is 11.1 Å². The van der Waals surface area contributed by atoms with Crippen molar-refractivity contribution in [3.05, 3.63) is 64.0 Å². The summed E-state index contributed by atoms with van der Waals surface area (Å²) in [5, 5.41) is 1.01. The third-order valence-corrected chi connectivity index (χ3v) is 4.00. The van der Waals surface area contributed by atoms with E-state index in [-0.39, 0.29) is 5.43 Å². The minimum Gasteiger partial charge on any atom is -0.479 e. The second-order valence-corrected chi connectivity index (χ2v) is 5.86. The van der Waals surface area contributed by atoms with Gasteiger partial charge in [0.1, 0.15) is 17.6 Å². The zero-order valence-electron chi connectivity index (χ0n) is 13.6. The Bertz CT molecular complexity index is 975. The van der Waals surface area contributed by atoms with Gasteiger partial charge in [0.25, 0.3) is 0 Å². The molecule has 0 N–H and O–H groups in total. The SMILES string of the molecule is COC(=O)C(C)Oc1ccc2c(=O)c(-c3ccc(Cl)cc3)coc2c1. The summed E-state index contributed by atoms with van der Waals surface area (Å²) in [4.78, 5) is 24.1. The molecule has 1 heterocycles. The van der Waals surface area contributed by atoms with Crippen LogP contribution in [0.25, 0.3) is 22.1 Å². The lowest BCUT2D eigenvalue weighted by atomic mass is 10.1. The monoisotopic (exact) mass is 358 g/mol. The molecular weight excluding hydrogens is 344 g/mol. The third-order valence-electron chi connectivity index (χ3n) is 3.75. The molecule has 0 aliphatic rings. The molecule has 6 heteroatoms. The Morgan fingerprint density at radius 2 is 1.88 bits per heavy atom. The molecule has 0 radical (unpaired) electrons. The number of carbonyl (C=O) groups excluding carboxylic acids is 1. The van der Waals surface area contributed by atoms with Gasteiger partial charge >= 0.3 is 5.97 Å². The molecule has 0 amide bonds. The second kappa shape index (κ2) is 6.99. The fraction of sp³-hybridized carbons (Fsp3) is 0.158. The molecule has 0 saturated carbocycles. The van der Waals surface area contributed by atoms with Crippen molar-refractivity contribution in [3.63, 3.8) is 0 Å². The third kappa shape index (κ3) is 3.51. The first-order chi connectivity index (χ1) is 12.0. The van der Waals surface area contributed by atoms with E-state index in [1.807, 2.05) is 0 Å². The highest BCUT2D eigenvalue weighted by atomic mass is 35.5. The van der Waals surface area contributed by atoms with Crippen LogP contribution in [0.1, 0.15) is 6.92 Å². The van der Waals surface area contributed by atoms with Crippen LogP contribution in [0.4, 0.5) is 0 Å². The van der Waals surface area contributed by atoms with E-state index in [1.54, 1.807) is 49.4 Å². The van der Waals surface area contributed by atoms with Crippen LogP contribution < -0.4 is 10.2 Å². The Morgan fingerprint density at radius 3 is 2.56 bits per heavy atom. The largest absolute Gasteiger partial charge is 0.479 e. The van der Waals surface area contributed by atoms with Crippen LogP contribution in [0.2, 0.25) is 5.02 Å². The maximum atomic E-state index is 12.7. The average molecular weight is 359 g/mol. The quantitative estimate of drug-likeness (QED) is 0.658. The first kappa shape index (κ1) is 17.0. The van der Waals surface area contributed by atoms with E-state index in [2.05, 4.69) is 4.74 Å². The summed E-state index contributed by atoms with van der Waals surface area (Å²) in [6.07, 6.45) is 0.643. The molecule has 128 valence electrons. The number of ether oxygens (including phenoxy) is 2. The van der Waals surface area contributed by atoms with Gasteiger partial charge < -0.3 is 13.9 Å². The smallest absolute Gasteiger partial charge is 0.346 e. The molecule has 3 aromatic rings. The van der Waals surface area contributed by atoms with Crippen LogP contribution in [0, 0.1) is 0 Å². The van der Waals surface area contributed by atoms with Gasteiger partial charge in [-0.15, -0.1) is 0 Å². The Balaban J connectivity index is 1.98. The predicted molar refractivity (Wildman–Crippen MR) is 95.0 cm³/mol. The van der Waals surface area contributed by atoms with Gasteiger partial charge in [-0.1, -0.05) is 23.7 Å². The minimum atomic E-state index is -0.762. The molecule has 1 atom stereocenters. The Morgan fingerprint density at radius 1 is 1.16 bits per heavy atom. The molecular formula is C19H15ClO5. The molecule has 1 aromatic heterocycles. The number of fused-ring (bicyclic) bond motifs is 1. The summed E-state index contributed by atoms with van der Waals surface area (Å²) in [6.45, 7) is 1.58. The van der Waals surface area contributed by atoms with Crippen molar-refractivity contribution in [2.75, 3.05) is 7.11 Å². The fourth-order valence-corrected chi connectivity index (χ4v) is 2.55. The molecule has 0 fully saturated rings. The lowest BCUT2D eigenvalue weighted by Crippen LogP contribution is -2.24. The van der Waals surface area contributed by atoms with Crippen molar-refractivity contribution in [2.24, 2.45) is 0 Å². The number of esters is 1. The molecule has 5 nitrogen and oxygen atoms in total. The van der Waals surface area contributed by atoms with Gasteiger partial charge in [-0.25, -0.2) is 4.79 Å². The molecule has 1 unspecified atom stereocenters.